The molecule has 12 atom stereocenters. The Bertz CT molecular complexity index is 807. The molecule has 0 aromatic carbocycles. The zero-order valence-corrected chi connectivity index (χ0v) is 23.4. The molecule has 0 aromatic heterocycles. The largest absolute Gasteiger partial charge is 0.469 e. The molecular weight excluding hydrogens is 476 g/mol. The zero-order valence-electron chi connectivity index (χ0n) is 23.4. The lowest BCUT2D eigenvalue weighted by atomic mass is 9.43. The van der Waals surface area contributed by atoms with Crippen molar-refractivity contribution in [1.82, 2.24) is 0 Å². The fourth-order valence-electron chi connectivity index (χ4n) is 9.43. The van der Waals surface area contributed by atoms with E-state index in [9.17, 15) is 20.1 Å². The minimum atomic E-state index is -1.32. The van der Waals surface area contributed by atoms with E-state index in [1.807, 2.05) is 0 Å². The summed E-state index contributed by atoms with van der Waals surface area (Å²) in [5, 5.41) is 43.6. The molecule has 0 saturated heterocycles. The van der Waals surface area contributed by atoms with Crippen LogP contribution < -0.4 is 0 Å². The Labute approximate surface area is 222 Å². The Hall–Kier alpha value is -0.770. The molecule has 0 bridgehead atoms. The van der Waals surface area contributed by atoms with Gasteiger partial charge in [-0.25, -0.2) is 0 Å². The van der Waals surface area contributed by atoms with Crippen LogP contribution in [0, 0.1) is 46.3 Å². The fourth-order valence-corrected chi connectivity index (χ4v) is 9.43. The Balaban J connectivity index is 1.50. The Morgan fingerprint density at radius 2 is 1.81 bits per heavy atom. The molecular formula is C29H50O8. The summed E-state index contributed by atoms with van der Waals surface area (Å²) in [7, 11) is 1.42. The number of carbonyl (C=O) groups excluding carboxylic acids is 1. The van der Waals surface area contributed by atoms with Gasteiger partial charge in [-0.3, -0.25) is 4.79 Å². The molecule has 0 aliphatic heterocycles. The second-order valence-corrected chi connectivity index (χ2v) is 13.1. The van der Waals surface area contributed by atoms with Gasteiger partial charge in [0.25, 0.3) is 0 Å². The summed E-state index contributed by atoms with van der Waals surface area (Å²) in [5.41, 5.74) is -0.371. The third-order valence-corrected chi connectivity index (χ3v) is 11.4. The molecule has 4 aliphatic carbocycles. The molecule has 0 radical (unpaired) electrons. The number of aliphatic hydroxyl groups excluding tert-OH is 3. The summed E-state index contributed by atoms with van der Waals surface area (Å²) in [6.45, 7) is 8.51. The van der Waals surface area contributed by atoms with Crippen LogP contribution in [0.1, 0.15) is 85.5 Å². The van der Waals surface area contributed by atoms with Gasteiger partial charge >= 0.3 is 5.97 Å². The van der Waals surface area contributed by atoms with Crippen LogP contribution in [0.2, 0.25) is 0 Å². The number of carbonyl (C=O) groups is 1. The maximum atomic E-state index is 11.8. The SMILES string of the molecule is COC(=O)CC[C@@H](C)[C@H]1CC[C@H]2[C@@H]3[C@H](O)C[C@@H]4C[C@@](O)(OC(C)OCCO)CC[C@]4(C)[C@H]3C[C@H](O)[C@]12C. The number of hydrogen-bond donors (Lipinski definition) is 4. The van der Waals surface area contributed by atoms with Gasteiger partial charge in [0.1, 0.15) is 0 Å². The van der Waals surface area contributed by atoms with Gasteiger partial charge in [0.05, 0.1) is 32.5 Å². The van der Waals surface area contributed by atoms with Crippen LogP contribution in [0.4, 0.5) is 0 Å². The zero-order chi connectivity index (χ0) is 27.2. The predicted molar refractivity (Wildman–Crippen MR) is 137 cm³/mol. The van der Waals surface area contributed by atoms with E-state index in [1.165, 1.54) is 7.11 Å². The monoisotopic (exact) mass is 526 g/mol. The van der Waals surface area contributed by atoms with Gasteiger partial charge < -0.3 is 34.6 Å². The smallest absolute Gasteiger partial charge is 0.305 e. The normalized spacial score (nSPS) is 46.9. The maximum Gasteiger partial charge on any atom is 0.305 e. The number of rotatable bonds is 9. The fraction of sp³-hybridized carbons (Fsp3) is 0.966. The van der Waals surface area contributed by atoms with Crippen LogP contribution in [0.25, 0.3) is 0 Å². The molecule has 4 N–H and O–H groups in total. The summed E-state index contributed by atoms with van der Waals surface area (Å²) in [4.78, 5) is 11.8. The first-order chi connectivity index (χ1) is 17.4. The topological polar surface area (TPSA) is 126 Å². The minimum Gasteiger partial charge on any atom is -0.469 e. The van der Waals surface area contributed by atoms with Crippen molar-refractivity contribution in [2.75, 3.05) is 20.3 Å². The van der Waals surface area contributed by atoms with Crippen LogP contribution in [0.5, 0.6) is 0 Å². The lowest BCUT2D eigenvalue weighted by molar-refractivity contribution is -0.321. The second-order valence-electron chi connectivity index (χ2n) is 13.1. The third kappa shape index (κ3) is 5.23. The molecule has 4 aliphatic rings. The van der Waals surface area contributed by atoms with E-state index >= 15 is 0 Å². The highest BCUT2D eigenvalue weighted by atomic mass is 16.7. The van der Waals surface area contributed by atoms with Gasteiger partial charge in [0, 0.05) is 19.3 Å². The van der Waals surface area contributed by atoms with Crippen molar-refractivity contribution in [2.45, 2.75) is 110 Å². The van der Waals surface area contributed by atoms with E-state index in [1.54, 1.807) is 6.92 Å². The van der Waals surface area contributed by atoms with E-state index in [4.69, 9.17) is 19.3 Å². The summed E-state index contributed by atoms with van der Waals surface area (Å²) >= 11 is 0. The van der Waals surface area contributed by atoms with Gasteiger partial charge in [0.2, 0.25) is 0 Å². The van der Waals surface area contributed by atoms with Gasteiger partial charge in [-0.15, -0.1) is 0 Å². The molecule has 0 amide bonds. The average molecular weight is 527 g/mol. The van der Waals surface area contributed by atoms with Gasteiger partial charge in [-0.05, 0) is 91.8 Å². The van der Waals surface area contributed by atoms with E-state index < -0.39 is 24.3 Å². The van der Waals surface area contributed by atoms with Crippen molar-refractivity contribution >= 4 is 5.97 Å². The molecule has 4 fully saturated rings. The van der Waals surface area contributed by atoms with Crippen LogP contribution in [-0.4, -0.2) is 71.0 Å². The molecule has 0 heterocycles. The molecule has 0 spiro atoms. The van der Waals surface area contributed by atoms with Crippen molar-refractivity contribution in [3.63, 3.8) is 0 Å². The average Bonchev–Trinajstić information content (AvgIpc) is 3.21. The molecule has 4 saturated carbocycles. The Kier molecular flexibility index (Phi) is 8.69. The van der Waals surface area contributed by atoms with Gasteiger partial charge in [-0.2, -0.15) is 0 Å². The van der Waals surface area contributed by atoms with E-state index in [2.05, 4.69) is 20.8 Å². The summed E-state index contributed by atoms with van der Waals surface area (Å²) in [6.07, 6.45) is 4.56. The number of hydrogen-bond acceptors (Lipinski definition) is 8. The van der Waals surface area contributed by atoms with E-state index in [0.29, 0.717) is 43.9 Å². The molecule has 8 heteroatoms. The predicted octanol–water partition coefficient (Wildman–Crippen LogP) is 3.24. The van der Waals surface area contributed by atoms with Crippen LogP contribution in [0.15, 0.2) is 0 Å². The molecule has 0 aromatic rings. The quantitative estimate of drug-likeness (QED) is 0.267. The number of esters is 1. The highest BCUT2D eigenvalue weighted by Crippen LogP contribution is 2.69. The number of ether oxygens (including phenoxy) is 3. The van der Waals surface area contributed by atoms with Crippen molar-refractivity contribution in [3.05, 3.63) is 0 Å². The van der Waals surface area contributed by atoms with Crippen LogP contribution in [-0.2, 0) is 19.0 Å². The summed E-state index contributed by atoms with van der Waals surface area (Å²) < 4.78 is 16.2. The van der Waals surface area contributed by atoms with Crippen molar-refractivity contribution in [3.8, 4) is 0 Å². The molecule has 1 unspecified atom stereocenters. The van der Waals surface area contributed by atoms with Gasteiger partial charge in [-0.1, -0.05) is 20.8 Å². The molecule has 4 rings (SSSR count). The van der Waals surface area contributed by atoms with E-state index in [0.717, 1.165) is 25.7 Å². The molecule has 8 nitrogen and oxygen atoms in total. The van der Waals surface area contributed by atoms with E-state index in [-0.39, 0.29) is 53.7 Å². The highest BCUT2D eigenvalue weighted by Gasteiger charge is 2.66. The lowest BCUT2D eigenvalue weighted by Gasteiger charge is -2.64. The summed E-state index contributed by atoms with van der Waals surface area (Å²) in [5.74, 6) is -0.266. The molecule has 37 heavy (non-hydrogen) atoms. The van der Waals surface area contributed by atoms with Crippen molar-refractivity contribution in [2.24, 2.45) is 46.3 Å². The van der Waals surface area contributed by atoms with Gasteiger partial charge in [0.15, 0.2) is 12.1 Å². The lowest BCUT2D eigenvalue weighted by Crippen LogP contribution is -2.63. The Morgan fingerprint density at radius 1 is 1.08 bits per heavy atom. The number of aliphatic hydroxyl groups is 4. The first kappa shape index (κ1) is 29.2. The van der Waals surface area contributed by atoms with Crippen LogP contribution in [0.3, 0.4) is 0 Å². The summed E-state index contributed by atoms with van der Waals surface area (Å²) in [6, 6.07) is 0. The number of fused-ring (bicyclic) bond motifs is 5. The van der Waals surface area contributed by atoms with Crippen molar-refractivity contribution in [1.29, 1.82) is 0 Å². The Morgan fingerprint density at radius 3 is 2.49 bits per heavy atom. The standard InChI is InChI=1S/C29H50O8/c1-17(6-9-25(33)35-5)20-7-8-21-26-22(15-24(32)28(20,21)4)27(3)10-11-29(34,16-19(27)14-23(26)31)37-18(2)36-13-12-30/h17-24,26,30-32,34H,6-16H2,1-5H3/t17-,18?,19-,20-,21+,22+,23-,24+,26+,27+,28-,29+/m1/s1. The second kappa shape index (κ2) is 11.0. The highest BCUT2D eigenvalue weighted by molar-refractivity contribution is 5.69. The number of methoxy groups -OCH3 is 1. The maximum absolute atomic E-state index is 11.8. The first-order valence-electron chi connectivity index (χ1n) is 14.4. The van der Waals surface area contributed by atoms with Crippen LogP contribution >= 0.6 is 0 Å². The first-order valence-corrected chi connectivity index (χ1v) is 14.4. The minimum absolute atomic E-state index is 0.0836. The molecule has 214 valence electrons. The van der Waals surface area contributed by atoms with Crippen molar-refractivity contribution < 1.29 is 39.4 Å². The third-order valence-electron chi connectivity index (χ3n) is 11.4.